The van der Waals surface area contributed by atoms with E-state index < -0.39 is 5.82 Å². The van der Waals surface area contributed by atoms with Crippen molar-refractivity contribution in [1.82, 2.24) is 9.47 Å². The van der Waals surface area contributed by atoms with Gasteiger partial charge in [0.25, 0.3) is 5.91 Å². The molecular formula is C25H24ClFN2O4. The summed E-state index contributed by atoms with van der Waals surface area (Å²) < 4.78 is 20.5. The lowest BCUT2D eigenvalue weighted by atomic mass is 9.93. The molecule has 0 atom stereocenters. The van der Waals surface area contributed by atoms with Gasteiger partial charge in [-0.3, -0.25) is 14.4 Å². The van der Waals surface area contributed by atoms with Crippen LogP contribution in [0.25, 0.3) is 16.6 Å². The zero-order valence-corrected chi connectivity index (χ0v) is 19.2. The third-order valence-corrected chi connectivity index (χ3v) is 6.50. The fraction of sp³-hybridized carbons (Fsp3) is 0.320. The number of aromatic nitrogens is 1. The maximum Gasteiger partial charge on any atom is 0.305 e. The summed E-state index contributed by atoms with van der Waals surface area (Å²) in [6.07, 6.45) is 3.49. The molecule has 8 heteroatoms. The van der Waals surface area contributed by atoms with Gasteiger partial charge in [-0.15, -0.1) is 0 Å². The van der Waals surface area contributed by atoms with Gasteiger partial charge < -0.3 is 14.2 Å². The summed E-state index contributed by atoms with van der Waals surface area (Å²) in [6, 6.07) is 9.66. The summed E-state index contributed by atoms with van der Waals surface area (Å²) in [4.78, 5) is 38.7. The van der Waals surface area contributed by atoms with Gasteiger partial charge in [0.1, 0.15) is 5.82 Å². The number of amides is 1. The van der Waals surface area contributed by atoms with Crippen LogP contribution >= 0.6 is 11.6 Å². The van der Waals surface area contributed by atoms with Gasteiger partial charge in [-0.2, -0.15) is 0 Å². The van der Waals surface area contributed by atoms with Crippen molar-refractivity contribution in [2.24, 2.45) is 5.92 Å². The molecule has 1 aliphatic rings. The molecule has 3 aromatic rings. The number of carbonyl (C=O) groups is 3. The number of halogens is 2. The van der Waals surface area contributed by atoms with Gasteiger partial charge in [-0.05, 0) is 62.1 Å². The minimum Gasteiger partial charge on any atom is -0.469 e. The summed E-state index contributed by atoms with van der Waals surface area (Å²) in [5.41, 5.74) is 2.15. The number of rotatable bonds is 5. The Kier molecular flexibility index (Phi) is 6.51. The highest BCUT2D eigenvalue weighted by Gasteiger charge is 2.26. The van der Waals surface area contributed by atoms with Crippen LogP contribution in [0.2, 0.25) is 5.02 Å². The predicted octanol–water partition coefficient (Wildman–Crippen LogP) is 5.04. The lowest BCUT2D eigenvalue weighted by Crippen LogP contribution is -2.39. The average molecular weight is 471 g/mol. The van der Waals surface area contributed by atoms with Crippen molar-refractivity contribution in [3.63, 3.8) is 0 Å². The van der Waals surface area contributed by atoms with Crippen LogP contribution in [-0.4, -0.2) is 47.3 Å². The Bertz CT molecular complexity index is 1240. The molecule has 172 valence electrons. The second-order valence-corrected chi connectivity index (χ2v) is 8.72. The first-order valence-electron chi connectivity index (χ1n) is 10.8. The fourth-order valence-electron chi connectivity index (χ4n) is 4.33. The van der Waals surface area contributed by atoms with E-state index in [0.29, 0.717) is 47.2 Å². The van der Waals surface area contributed by atoms with E-state index in [1.54, 1.807) is 39.9 Å². The number of hydrogen-bond donors (Lipinski definition) is 0. The van der Waals surface area contributed by atoms with Gasteiger partial charge in [0.05, 0.1) is 17.6 Å². The molecule has 2 heterocycles. The van der Waals surface area contributed by atoms with Crippen LogP contribution in [0.3, 0.4) is 0 Å². The van der Waals surface area contributed by atoms with Crippen LogP contribution < -0.4 is 0 Å². The normalized spacial score (nSPS) is 14.5. The Hall–Kier alpha value is -3.19. The van der Waals surface area contributed by atoms with E-state index in [1.807, 2.05) is 0 Å². The molecule has 6 nitrogen and oxygen atoms in total. The molecular weight excluding hydrogens is 447 g/mol. The van der Waals surface area contributed by atoms with Crippen LogP contribution in [0, 0.1) is 11.7 Å². The number of carbonyl (C=O) groups excluding carboxylic acids is 3. The molecule has 1 saturated heterocycles. The monoisotopic (exact) mass is 470 g/mol. The van der Waals surface area contributed by atoms with Crippen molar-refractivity contribution < 1.29 is 23.5 Å². The molecule has 0 bridgehead atoms. The molecule has 4 rings (SSSR count). The molecule has 0 radical (unpaired) electrons. The molecule has 1 amide bonds. The molecule has 0 unspecified atom stereocenters. The molecule has 0 aliphatic carbocycles. The first-order valence-corrected chi connectivity index (χ1v) is 11.1. The first kappa shape index (κ1) is 23.0. The summed E-state index contributed by atoms with van der Waals surface area (Å²) in [5, 5.41) is 0.648. The zero-order valence-electron chi connectivity index (χ0n) is 18.4. The Labute approximate surface area is 195 Å². The number of fused-ring (bicyclic) bond motifs is 1. The summed E-state index contributed by atoms with van der Waals surface area (Å²) in [5.74, 6) is -0.841. The van der Waals surface area contributed by atoms with Crippen molar-refractivity contribution >= 4 is 40.2 Å². The Morgan fingerprint density at radius 2 is 1.85 bits per heavy atom. The Morgan fingerprint density at radius 1 is 1.12 bits per heavy atom. The zero-order chi connectivity index (χ0) is 23.7. The summed E-state index contributed by atoms with van der Waals surface area (Å²) in [6.45, 7) is 2.58. The van der Waals surface area contributed by atoms with E-state index >= 15 is 0 Å². The number of benzene rings is 2. The van der Waals surface area contributed by atoms with Crippen LogP contribution in [-0.2, 0) is 9.53 Å². The molecule has 1 aromatic heterocycles. The highest BCUT2D eigenvalue weighted by Crippen LogP contribution is 2.29. The highest BCUT2D eigenvalue weighted by molar-refractivity contribution is 6.30. The molecule has 0 spiro atoms. The predicted molar refractivity (Wildman–Crippen MR) is 124 cm³/mol. The third kappa shape index (κ3) is 4.64. The number of nitrogens with zero attached hydrogens (tertiary/aromatic N) is 2. The van der Waals surface area contributed by atoms with Crippen LogP contribution in [0.5, 0.6) is 0 Å². The quantitative estimate of drug-likeness (QED) is 0.387. The highest BCUT2D eigenvalue weighted by atomic mass is 35.5. The standard InChI is InChI=1S/C25H24ClFN2O4/c1-15(30)20-14-29(18-4-5-21(26)22(27)13-18)23-6-3-17(12-19(20)23)25(32)28-9-7-16(8-10-28)11-24(31)33-2/h3-6,12-14,16H,7-11H2,1-2H3. The lowest BCUT2D eigenvalue weighted by molar-refractivity contribution is -0.142. The van der Waals surface area contributed by atoms with E-state index in [4.69, 9.17) is 16.3 Å². The molecule has 0 saturated carbocycles. The van der Waals surface area contributed by atoms with E-state index in [1.165, 1.54) is 26.2 Å². The van der Waals surface area contributed by atoms with Gasteiger partial charge in [0, 0.05) is 47.9 Å². The summed E-state index contributed by atoms with van der Waals surface area (Å²) >= 11 is 5.81. The minimum atomic E-state index is -0.553. The molecule has 0 N–H and O–H groups in total. The second-order valence-electron chi connectivity index (χ2n) is 8.32. The molecule has 1 fully saturated rings. The SMILES string of the molecule is COC(=O)CC1CCN(C(=O)c2ccc3c(c2)c(C(C)=O)cn3-c2ccc(Cl)c(F)c2)CC1. The number of ketones is 1. The maximum absolute atomic E-state index is 14.0. The number of ether oxygens (including phenoxy) is 1. The lowest BCUT2D eigenvalue weighted by Gasteiger charge is -2.31. The van der Waals surface area contributed by atoms with E-state index in [-0.39, 0.29) is 28.6 Å². The third-order valence-electron chi connectivity index (χ3n) is 6.20. The molecule has 2 aromatic carbocycles. The van der Waals surface area contributed by atoms with E-state index in [9.17, 15) is 18.8 Å². The Morgan fingerprint density at radius 3 is 2.48 bits per heavy atom. The van der Waals surface area contributed by atoms with Gasteiger partial charge in [-0.1, -0.05) is 11.6 Å². The van der Waals surface area contributed by atoms with Crippen molar-refractivity contribution in [3.8, 4) is 5.69 Å². The van der Waals surface area contributed by atoms with Crippen molar-refractivity contribution in [3.05, 3.63) is 64.6 Å². The first-order chi connectivity index (χ1) is 15.8. The topological polar surface area (TPSA) is 68.6 Å². The largest absolute Gasteiger partial charge is 0.469 e. The van der Waals surface area contributed by atoms with Crippen molar-refractivity contribution in [1.29, 1.82) is 0 Å². The minimum absolute atomic E-state index is 0.0187. The fourth-order valence-corrected chi connectivity index (χ4v) is 4.45. The van der Waals surface area contributed by atoms with Crippen LogP contribution in [0.15, 0.2) is 42.6 Å². The number of piperidine rings is 1. The average Bonchev–Trinajstić information content (AvgIpc) is 3.20. The number of Topliss-reactive ketones (excluding diaryl/α,β-unsaturated/α-hetero) is 1. The van der Waals surface area contributed by atoms with Gasteiger partial charge in [0.2, 0.25) is 0 Å². The molecule has 1 aliphatic heterocycles. The van der Waals surface area contributed by atoms with Crippen molar-refractivity contribution in [2.45, 2.75) is 26.2 Å². The van der Waals surface area contributed by atoms with Crippen LogP contribution in [0.1, 0.15) is 46.9 Å². The molecule has 33 heavy (non-hydrogen) atoms. The summed E-state index contributed by atoms with van der Waals surface area (Å²) in [7, 11) is 1.38. The maximum atomic E-state index is 14.0. The van der Waals surface area contributed by atoms with Gasteiger partial charge in [0.15, 0.2) is 5.78 Å². The van der Waals surface area contributed by atoms with Gasteiger partial charge >= 0.3 is 5.97 Å². The number of hydrogen-bond acceptors (Lipinski definition) is 4. The van der Waals surface area contributed by atoms with Gasteiger partial charge in [-0.25, -0.2) is 4.39 Å². The smallest absolute Gasteiger partial charge is 0.305 e. The second kappa shape index (κ2) is 9.35. The van der Waals surface area contributed by atoms with Crippen molar-refractivity contribution in [2.75, 3.05) is 20.2 Å². The Balaban J connectivity index is 1.62. The van der Waals surface area contributed by atoms with Crippen LogP contribution in [0.4, 0.5) is 4.39 Å². The number of methoxy groups -OCH3 is 1. The number of esters is 1. The van der Waals surface area contributed by atoms with E-state index in [2.05, 4.69) is 0 Å². The number of likely N-dealkylation sites (tertiary alicyclic amines) is 1. The van der Waals surface area contributed by atoms with E-state index in [0.717, 1.165) is 12.8 Å².